The van der Waals surface area contributed by atoms with E-state index in [2.05, 4.69) is 10.6 Å². The van der Waals surface area contributed by atoms with Gasteiger partial charge in [0.15, 0.2) is 0 Å². The highest BCUT2D eigenvalue weighted by molar-refractivity contribution is 8.02. The average molecular weight is 508 g/mol. The van der Waals surface area contributed by atoms with Gasteiger partial charge in [-0.25, -0.2) is 0 Å². The minimum atomic E-state index is -0.734. The Labute approximate surface area is 216 Å². The summed E-state index contributed by atoms with van der Waals surface area (Å²) in [7, 11) is 0. The van der Waals surface area contributed by atoms with E-state index in [-0.39, 0.29) is 35.6 Å². The lowest BCUT2D eigenvalue weighted by molar-refractivity contribution is -0.142. The summed E-state index contributed by atoms with van der Waals surface area (Å²) in [6, 6.07) is 17.6. The van der Waals surface area contributed by atoms with Crippen LogP contribution in [0.5, 0.6) is 0 Å². The number of benzene rings is 2. The number of carbonyl (C=O) groups excluding carboxylic acids is 3. The van der Waals surface area contributed by atoms with Gasteiger partial charge in [-0.05, 0) is 50.8 Å². The Morgan fingerprint density at radius 1 is 1.08 bits per heavy atom. The molecule has 0 aliphatic carbocycles. The second kappa shape index (κ2) is 9.90. The highest BCUT2D eigenvalue weighted by atomic mass is 32.2. The smallest absolute Gasteiger partial charge is 0.244 e. The van der Waals surface area contributed by atoms with Crippen LogP contribution in [0.1, 0.15) is 32.3 Å². The molecule has 7 nitrogen and oxygen atoms in total. The molecule has 0 saturated carbocycles. The number of para-hydroxylation sites is 1. The third-order valence-electron chi connectivity index (χ3n) is 7.68. The van der Waals surface area contributed by atoms with Gasteiger partial charge in [0.05, 0.1) is 29.2 Å². The Hall–Kier alpha value is -2.84. The summed E-state index contributed by atoms with van der Waals surface area (Å²) in [5.74, 6) is -1.70. The molecule has 2 bridgehead atoms. The molecule has 3 amide bonds. The van der Waals surface area contributed by atoms with Gasteiger partial charge in [-0.3, -0.25) is 14.4 Å². The molecule has 3 saturated heterocycles. The maximum absolute atomic E-state index is 14.2. The Kier molecular flexibility index (Phi) is 6.83. The van der Waals surface area contributed by atoms with E-state index < -0.39 is 28.7 Å². The first-order valence-electron chi connectivity index (χ1n) is 12.7. The number of likely N-dealkylation sites (tertiary alicyclic amines) is 1. The standard InChI is InChI=1S/C28H33N3O4S/c1-17(2)29-26(34)24-28-14-13-21(36-28)22(25(33)30-19-11-7-4-8-12-19)23(28)27(35)31(24)20(16-32)15-18-9-5-3-6-10-18/h3-12,17,20-24,32H,13-16H2,1-2H3,(H,29,34)(H,30,33)/t20-,21-,22+,23+,24?,28?/m1/s1. The summed E-state index contributed by atoms with van der Waals surface area (Å²) in [6.07, 6.45) is 1.92. The Morgan fingerprint density at radius 2 is 1.75 bits per heavy atom. The van der Waals surface area contributed by atoms with E-state index >= 15 is 0 Å². The van der Waals surface area contributed by atoms with Gasteiger partial charge in [0.25, 0.3) is 0 Å². The molecule has 1 spiro atoms. The lowest BCUT2D eigenvalue weighted by atomic mass is 9.70. The summed E-state index contributed by atoms with van der Waals surface area (Å²) in [6.45, 7) is 3.54. The lowest BCUT2D eigenvalue weighted by Crippen LogP contribution is -2.57. The van der Waals surface area contributed by atoms with Crippen LogP contribution in [0.2, 0.25) is 0 Å². The lowest BCUT2D eigenvalue weighted by Gasteiger charge is -2.37. The number of carbonyl (C=O) groups is 3. The number of fused-ring (bicyclic) bond motifs is 1. The SMILES string of the molecule is CC(C)NC(=O)C1N([C@@H](CO)Cc2ccccc2)C(=O)[C@@H]2[C@@H](C(=O)Nc3ccccc3)[C@H]3CCC12S3. The van der Waals surface area contributed by atoms with Crippen LogP contribution < -0.4 is 10.6 Å². The van der Waals surface area contributed by atoms with E-state index in [0.717, 1.165) is 12.0 Å². The maximum Gasteiger partial charge on any atom is 0.244 e. The van der Waals surface area contributed by atoms with Crippen molar-refractivity contribution in [2.45, 2.75) is 61.2 Å². The Bertz CT molecular complexity index is 1130. The Balaban J connectivity index is 1.51. The molecule has 3 aliphatic heterocycles. The second-order valence-electron chi connectivity index (χ2n) is 10.3. The predicted octanol–water partition coefficient (Wildman–Crippen LogP) is 2.84. The summed E-state index contributed by atoms with van der Waals surface area (Å²) < 4.78 is -0.677. The van der Waals surface area contributed by atoms with Gasteiger partial charge in [0.2, 0.25) is 17.7 Å². The van der Waals surface area contributed by atoms with Crippen LogP contribution in [0.4, 0.5) is 5.69 Å². The van der Waals surface area contributed by atoms with Crippen molar-refractivity contribution in [3.05, 3.63) is 66.2 Å². The van der Waals surface area contributed by atoms with Crippen LogP contribution in [0.25, 0.3) is 0 Å². The Morgan fingerprint density at radius 3 is 2.39 bits per heavy atom. The number of rotatable bonds is 8. The van der Waals surface area contributed by atoms with Gasteiger partial charge in [-0.1, -0.05) is 48.5 Å². The van der Waals surface area contributed by atoms with Crippen LogP contribution in [0.15, 0.2) is 60.7 Å². The number of thioether (sulfide) groups is 1. The van der Waals surface area contributed by atoms with Gasteiger partial charge < -0.3 is 20.6 Å². The predicted molar refractivity (Wildman–Crippen MR) is 140 cm³/mol. The number of nitrogens with one attached hydrogen (secondary N) is 2. The highest BCUT2D eigenvalue weighted by Crippen LogP contribution is 2.66. The van der Waals surface area contributed by atoms with Crippen LogP contribution in [-0.4, -0.2) is 62.5 Å². The van der Waals surface area contributed by atoms with Crippen molar-refractivity contribution < 1.29 is 19.5 Å². The summed E-state index contributed by atoms with van der Waals surface area (Å²) in [4.78, 5) is 43.0. The molecule has 5 rings (SSSR count). The van der Waals surface area contributed by atoms with E-state index in [0.29, 0.717) is 18.5 Å². The molecule has 3 fully saturated rings. The zero-order valence-electron chi connectivity index (χ0n) is 20.6. The van der Waals surface area contributed by atoms with Crippen molar-refractivity contribution >= 4 is 35.2 Å². The fourth-order valence-corrected chi connectivity index (χ4v) is 8.54. The number of aliphatic hydroxyl groups is 1. The normalized spacial score (nSPS) is 29.3. The fraction of sp³-hybridized carbons (Fsp3) is 0.464. The average Bonchev–Trinajstić information content (AvgIpc) is 3.51. The highest BCUT2D eigenvalue weighted by Gasteiger charge is 2.74. The monoisotopic (exact) mass is 507 g/mol. The van der Waals surface area contributed by atoms with Crippen LogP contribution in [-0.2, 0) is 20.8 Å². The van der Waals surface area contributed by atoms with Crippen LogP contribution in [0.3, 0.4) is 0 Å². The van der Waals surface area contributed by atoms with Crippen molar-refractivity contribution in [3.63, 3.8) is 0 Å². The number of amides is 3. The molecule has 190 valence electrons. The number of aliphatic hydroxyl groups excluding tert-OH is 1. The molecule has 3 aliphatic rings. The van der Waals surface area contributed by atoms with Gasteiger partial charge in [-0.2, -0.15) is 0 Å². The number of hydrogen-bond acceptors (Lipinski definition) is 5. The van der Waals surface area contributed by atoms with E-state index in [9.17, 15) is 19.5 Å². The number of nitrogens with zero attached hydrogens (tertiary/aromatic N) is 1. The van der Waals surface area contributed by atoms with E-state index in [4.69, 9.17) is 0 Å². The minimum Gasteiger partial charge on any atom is -0.394 e. The van der Waals surface area contributed by atoms with Crippen LogP contribution in [0, 0.1) is 11.8 Å². The first-order chi connectivity index (χ1) is 17.4. The van der Waals surface area contributed by atoms with Crippen molar-refractivity contribution in [1.29, 1.82) is 0 Å². The summed E-state index contributed by atoms with van der Waals surface area (Å²) >= 11 is 1.64. The van der Waals surface area contributed by atoms with Crippen LogP contribution >= 0.6 is 11.8 Å². The van der Waals surface area contributed by atoms with Gasteiger partial charge in [-0.15, -0.1) is 11.8 Å². The van der Waals surface area contributed by atoms with Crippen molar-refractivity contribution in [1.82, 2.24) is 10.2 Å². The molecule has 2 aromatic carbocycles. The zero-order valence-corrected chi connectivity index (χ0v) is 21.4. The van der Waals surface area contributed by atoms with Crippen molar-refractivity contribution in [2.75, 3.05) is 11.9 Å². The van der Waals surface area contributed by atoms with Crippen molar-refractivity contribution in [2.24, 2.45) is 11.8 Å². The molecule has 3 heterocycles. The van der Waals surface area contributed by atoms with Gasteiger partial charge in [0, 0.05) is 17.0 Å². The molecule has 8 heteroatoms. The largest absolute Gasteiger partial charge is 0.394 e. The first-order valence-corrected chi connectivity index (χ1v) is 13.5. The molecular weight excluding hydrogens is 474 g/mol. The van der Waals surface area contributed by atoms with E-state index in [1.54, 1.807) is 16.7 Å². The molecule has 6 atom stereocenters. The third kappa shape index (κ3) is 4.20. The second-order valence-corrected chi connectivity index (χ2v) is 11.9. The summed E-state index contributed by atoms with van der Waals surface area (Å²) in [5.41, 5.74) is 1.68. The molecule has 0 radical (unpaired) electrons. The van der Waals surface area contributed by atoms with E-state index in [1.165, 1.54) is 0 Å². The number of hydrogen-bond donors (Lipinski definition) is 3. The first kappa shape index (κ1) is 24.8. The quantitative estimate of drug-likeness (QED) is 0.510. The molecule has 0 aromatic heterocycles. The maximum atomic E-state index is 14.2. The zero-order chi connectivity index (χ0) is 25.4. The molecule has 36 heavy (non-hydrogen) atoms. The van der Waals surface area contributed by atoms with Gasteiger partial charge >= 0.3 is 0 Å². The molecule has 2 aromatic rings. The van der Waals surface area contributed by atoms with Gasteiger partial charge in [0.1, 0.15) is 6.04 Å². The minimum absolute atomic E-state index is 0.0131. The summed E-state index contributed by atoms with van der Waals surface area (Å²) in [5, 5.41) is 16.4. The molecular formula is C28H33N3O4S. The van der Waals surface area contributed by atoms with Crippen molar-refractivity contribution in [3.8, 4) is 0 Å². The fourth-order valence-electron chi connectivity index (χ4n) is 6.33. The topological polar surface area (TPSA) is 98.7 Å². The molecule has 2 unspecified atom stereocenters. The third-order valence-corrected chi connectivity index (χ3v) is 9.63. The number of anilines is 1. The van der Waals surface area contributed by atoms with E-state index in [1.807, 2.05) is 74.5 Å². The molecule has 3 N–H and O–H groups in total.